The van der Waals surface area contributed by atoms with Crippen LogP contribution in [0.1, 0.15) is 50.2 Å². The van der Waals surface area contributed by atoms with E-state index in [-0.39, 0.29) is 0 Å². The number of ether oxygens (including phenoxy) is 2. The van der Waals surface area contributed by atoms with Crippen LogP contribution in [0.3, 0.4) is 0 Å². The van der Waals surface area contributed by atoms with E-state index in [0.717, 1.165) is 50.8 Å². The molecule has 172 valence electrons. The van der Waals surface area contributed by atoms with Crippen molar-refractivity contribution in [1.82, 2.24) is 4.90 Å². The molecule has 0 unspecified atom stereocenters. The molecule has 2 aliphatic rings. The van der Waals surface area contributed by atoms with Gasteiger partial charge in [-0.2, -0.15) is 0 Å². The molecule has 0 bridgehead atoms. The van der Waals surface area contributed by atoms with Crippen molar-refractivity contribution in [2.45, 2.75) is 46.0 Å². The highest BCUT2D eigenvalue weighted by molar-refractivity contribution is 5.63. The lowest BCUT2D eigenvalue weighted by molar-refractivity contribution is 0.182. The minimum absolute atomic E-state index is 0.702. The maximum Gasteiger partial charge on any atom is 0.142 e. The number of allylic oxidation sites excluding steroid dienone is 1. The van der Waals surface area contributed by atoms with Crippen LogP contribution in [0.25, 0.3) is 5.76 Å². The van der Waals surface area contributed by atoms with Crippen LogP contribution in [-0.2, 0) is 4.74 Å². The van der Waals surface area contributed by atoms with Gasteiger partial charge in [-0.25, -0.2) is 0 Å². The molecular formula is C28H38N2O2. The van der Waals surface area contributed by atoms with E-state index in [1.165, 1.54) is 54.5 Å². The number of benzene rings is 2. The number of rotatable bonds is 8. The van der Waals surface area contributed by atoms with Crippen LogP contribution in [0.4, 0.5) is 5.69 Å². The summed E-state index contributed by atoms with van der Waals surface area (Å²) in [6.45, 7) is 10.8. The van der Waals surface area contributed by atoms with Gasteiger partial charge in [0.15, 0.2) is 0 Å². The number of para-hydroxylation sites is 2. The van der Waals surface area contributed by atoms with Crippen LogP contribution >= 0.6 is 0 Å². The number of aryl methyl sites for hydroxylation is 1. The molecule has 2 aromatic rings. The van der Waals surface area contributed by atoms with Crippen molar-refractivity contribution < 1.29 is 9.47 Å². The van der Waals surface area contributed by atoms with Gasteiger partial charge in [0.05, 0.1) is 12.3 Å². The number of anilines is 1. The lowest BCUT2D eigenvalue weighted by Crippen LogP contribution is -2.47. The fourth-order valence-electron chi connectivity index (χ4n) is 4.79. The van der Waals surface area contributed by atoms with Crippen LogP contribution in [0.5, 0.6) is 5.75 Å². The van der Waals surface area contributed by atoms with Crippen LogP contribution in [0, 0.1) is 6.92 Å². The second kappa shape index (κ2) is 11.4. The number of hydrogen-bond acceptors (Lipinski definition) is 4. The molecule has 4 nitrogen and oxygen atoms in total. The van der Waals surface area contributed by atoms with E-state index < -0.39 is 0 Å². The Morgan fingerprint density at radius 2 is 1.59 bits per heavy atom. The molecule has 2 aromatic carbocycles. The van der Waals surface area contributed by atoms with Gasteiger partial charge in [0.1, 0.15) is 18.1 Å². The minimum Gasteiger partial charge on any atom is -0.492 e. The summed E-state index contributed by atoms with van der Waals surface area (Å²) in [7, 11) is 0. The third kappa shape index (κ3) is 5.86. The van der Waals surface area contributed by atoms with Gasteiger partial charge in [0.2, 0.25) is 0 Å². The Balaban J connectivity index is 1.32. The molecule has 0 amide bonds. The smallest absolute Gasteiger partial charge is 0.142 e. The van der Waals surface area contributed by atoms with Crippen molar-refractivity contribution in [2.75, 3.05) is 50.8 Å². The Bertz CT molecular complexity index is 875. The highest BCUT2D eigenvalue weighted by Gasteiger charge is 2.20. The van der Waals surface area contributed by atoms with Crippen molar-refractivity contribution in [3.05, 3.63) is 65.2 Å². The number of piperazine rings is 1. The van der Waals surface area contributed by atoms with Crippen molar-refractivity contribution in [2.24, 2.45) is 0 Å². The Kier molecular flexibility index (Phi) is 8.11. The maximum absolute atomic E-state index is 6.48. The van der Waals surface area contributed by atoms with Gasteiger partial charge in [-0.1, -0.05) is 48.4 Å². The molecule has 32 heavy (non-hydrogen) atoms. The Morgan fingerprint density at radius 1 is 0.875 bits per heavy atom. The molecule has 0 spiro atoms. The summed E-state index contributed by atoms with van der Waals surface area (Å²) in [6.07, 6.45) is 6.29. The van der Waals surface area contributed by atoms with Gasteiger partial charge in [-0.05, 0) is 57.2 Å². The molecule has 0 N–H and O–H groups in total. The average molecular weight is 435 g/mol. The maximum atomic E-state index is 6.48. The Hall–Kier alpha value is -2.46. The second-order valence-electron chi connectivity index (χ2n) is 8.94. The van der Waals surface area contributed by atoms with Crippen LogP contribution < -0.4 is 9.64 Å². The first-order valence-electron chi connectivity index (χ1n) is 12.4. The van der Waals surface area contributed by atoms with Gasteiger partial charge in [0.25, 0.3) is 0 Å². The molecule has 0 radical (unpaired) electrons. The molecule has 0 atom stereocenters. The molecular weight excluding hydrogens is 396 g/mol. The third-order valence-corrected chi connectivity index (χ3v) is 6.62. The van der Waals surface area contributed by atoms with Crippen LogP contribution in [0.2, 0.25) is 0 Å². The van der Waals surface area contributed by atoms with Crippen LogP contribution in [-0.4, -0.2) is 50.8 Å². The predicted octanol–water partition coefficient (Wildman–Crippen LogP) is 5.91. The molecule has 1 aliphatic heterocycles. The summed E-state index contributed by atoms with van der Waals surface area (Å²) in [5, 5.41) is 0. The summed E-state index contributed by atoms with van der Waals surface area (Å²) in [5.41, 5.74) is 5.27. The molecule has 2 fully saturated rings. The van der Waals surface area contributed by atoms with E-state index in [1.54, 1.807) is 0 Å². The fraction of sp³-hybridized carbons (Fsp3) is 0.500. The highest BCUT2D eigenvalue weighted by Crippen LogP contribution is 2.32. The second-order valence-corrected chi connectivity index (χ2v) is 8.94. The topological polar surface area (TPSA) is 24.9 Å². The fourth-order valence-corrected chi connectivity index (χ4v) is 4.79. The van der Waals surface area contributed by atoms with E-state index in [1.807, 2.05) is 6.92 Å². The van der Waals surface area contributed by atoms with E-state index in [4.69, 9.17) is 9.47 Å². The Labute approximate surface area is 193 Å². The van der Waals surface area contributed by atoms with Crippen molar-refractivity contribution in [3.63, 3.8) is 0 Å². The van der Waals surface area contributed by atoms with Crippen molar-refractivity contribution >= 4 is 11.4 Å². The normalized spacial score (nSPS) is 17.3. The first-order valence-corrected chi connectivity index (χ1v) is 12.4. The van der Waals surface area contributed by atoms with Gasteiger partial charge >= 0.3 is 0 Å². The Morgan fingerprint density at radius 3 is 2.31 bits per heavy atom. The first-order chi connectivity index (χ1) is 15.7. The molecule has 1 aliphatic carbocycles. The van der Waals surface area contributed by atoms with E-state index in [0.29, 0.717) is 6.61 Å². The van der Waals surface area contributed by atoms with E-state index in [2.05, 4.69) is 65.3 Å². The SMILES string of the molecule is CCOc1ccccc1N1CCN(CCOC(=C2CCCCC2)c2ccc(C)cc2)CC1. The van der Waals surface area contributed by atoms with Gasteiger partial charge in [0, 0.05) is 38.3 Å². The molecule has 4 heteroatoms. The molecule has 0 aromatic heterocycles. The monoisotopic (exact) mass is 434 g/mol. The van der Waals surface area contributed by atoms with E-state index in [9.17, 15) is 0 Å². The summed E-state index contributed by atoms with van der Waals surface area (Å²) in [6, 6.07) is 17.2. The lowest BCUT2D eigenvalue weighted by Gasteiger charge is -2.36. The van der Waals surface area contributed by atoms with Gasteiger partial charge in [-0.3, -0.25) is 4.90 Å². The predicted molar refractivity (Wildman–Crippen MR) is 133 cm³/mol. The quantitative estimate of drug-likeness (QED) is 0.482. The third-order valence-electron chi connectivity index (χ3n) is 6.62. The van der Waals surface area contributed by atoms with Crippen molar-refractivity contribution in [1.29, 1.82) is 0 Å². The van der Waals surface area contributed by atoms with E-state index >= 15 is 0 Å². The average Bonchev–Trinajstić information content (AvgIpc) is 2.84. The largest absolute Gasteiger partial charge is 0.492 e. The summed E-state index contributed by atoms with van der Waals surface area (Å²) in [4.78, 5) is 4.97. The number of nitrogens with zero attached hydrogens (tertiary/aromatic N) is 2. The zero-order valence-electron chi connectivity index (χ0n) is 19.8. The zero-order chi connectivity index (χ0) is 22.2. The summed E-state index contributed by atoms with van der Waals surface area (Å²) < 4.78 is 12.3. The standard InChI is InChI=1S/C28H38N2O2/c1-3-31-27-12-8-7-11-26(27)30-19-17-29(18-20-30)21-22-32-28(24-9-5-4-6-10-24)25-15-13-23(2)14-16-25/h7-8,11-16H,3-6,9-10,17-22H2,1-2H3. The van der Waals surface area contributed by atoms with Crippen LogP contribution in [0.15, 0.2) is 54.1 Å². The summed E-state index contributed by atoms with van der Waals surface area (Å²) in [5.74, 6) is 2.14. The first kappa shape index (κ1) is 22.7. The molecule has 1 saturated carbocycles. The summed E-state index contributed by atoms with van der Waals surface area (Å²) >= 11 is 0. The number of hydrogen-bond donors (Lipinski definition) is 0. The van der Waals surface area contributed by atoms with Gasteiger partial charge < -0.3 is 14.4 Å². The highest BCUT2D eigenvalue weighted by atomic mass is 16.5. The minimum atomic E-state index is 0.702. The molecule has 1 saturated heterocycles. The molecule has 1 heterocycles. The lowest BCUT2D eigenvalue weighted by atomic mass is 9.92. The van der Waals surface area contributed by atoms with Crippen molar-refractivity contribution in [3.8, 4) is 5.75 Å². The van der Waals surface area contributed by atoms with Gasteiger partial charge in [-0.15, -0.1) is 0 Å². The molecule has 4 rings (SSSR count). The zero-order valence-corrected chi connectivity index (χ0v) is 19.8.